The van der Waals surface area contributed by atoms with Gasteiger partial charge in [-0.05, 0) is 24.3 Å². The van der Waals surface area contributed by atoms with Crippen LogP contribution in [-0.4, -0.2) is 50.5 Å². The van der Waals surface area contributed by atoms with E-state index in [1.807, 2.05) is 4.90 Å². The van der Waals surface area contributed by atoms with Crippen molar-refractivity contribution in [3.05, 3.63) is 24.3 Å². The van der Waals surface area contributed by atoms with Crippen LogP contribution in [-0.2, 0) is 10.0 Å². The van der Waals surface area contributed by atoms with Gasteiger partial charge in [-0.1, -0.05) is 6.92 Å². The molecule has 1 fully saturated rings. The molecule has 1 heterocycles. The Morgan fingerprint density at radius 1 is 1.21 bits per heavy atom. The topological polar surface area (TPSA) is 89.9 Å². The molecule has 0 bridgehead atoms. The van der Waals surface area contributed by atoms with Crippen LogP contribution in [0.3, 0.4) is 0 Å². The Labute approximate surface area is 112 Å². The average molecular weight is 286 g/mol. The third-order valence-corrected chi connectivity index (χ3v) is 4.67. The molecule has 106 valence electrons. The largest absolute Gasteiger partial charge is 0.389 e. The number of β-amino-alcohol motifs (C(OH)–C–C–N with tert-alkyl or cyclic N) is 2. The van der Waals surface area contributed by atoms with Crippen molar-refractivity contribution in [1.29, 1.82) is 0 Å². The van der Waals surface area contributed by atoms with Gasteiger partial charge in [-0.2, -0.15) is 0 Å². The minimum atomic E-state index is -3.44. The first-order chi connectivity index (χ1) is 8.94. The average Bonchev–Trinajstić information content (AvgIpc) is 2.70. The molecule has 0 aromatic heterocycles. The molecule has 1 aromatic rings. The highest BCUT2D eigenvalue weighted by atomic mass is 32.2. The molecule has 19 heavy (non-hydrogen) atoms. The highest BCUT2D eigenvalue weighted by Crippen LogP contribution is 2.22. The summed E-state index contributed by atoms with van der Waals surface area (Å²) in [5.74, 6) is 0. The Balaban J connectivity index is 2.16. The van der Waals surface area contributed by atoms with Crippen LogP contribution in [0.5, 0.6) is 0 Å². The molecule has 6 nitrogen and oxygen atoms in total. The second kappa shape index (κ2) is 5.46. The first-order valence-corrected chi connectivity index (χ1v) is 7.63. The minimum Gasteiger partial charge on any atom is -0.389 e. The van der Waals surface area contributed by atoms with E-state index >= 15 is 0 Å². The lowest BCUT2D eigenvalue weighted by molar-refractivity contribution is 0.0572. The zero-order valence-corrected chi connectivity index (χ0v) is 11.5. The van der Waals surface area contributed by atoms with Gasteiger partial charge in [0.2, 0.25) is 10.0 Å². The van der Waals surface area contributed by atoms with Crippen molar-refractivity contribution in [2.24, 2.45) is 0 Å². The van der Waals surface area contributed by atoms with Gasteiger partial charge in [-0.25, -0.2) is 13.1 Å². The highest BCUT2D eigenvalue weighted by molar-refractivity contribution is 7.89. The van der Waals surface area contributed by atoms with Crippen molar-refractivity contribution in [1.82, 2.24) is 4.72 Å². The quantitative estimate of drug-likeness (QED) is 0.696. The summed E-state index contributed by atoms with van der Waals surface area (Å²) in [6, 6.07) is 6.39. The van der Waals surface area contributed by atoms with E-state index in [0.717, 1.165) is 5.69 Å². The number of hydrogen-bond acceptors (Lipinski definition) is 5. The molecule has 2 unspecified atom stereocenters. The molecule has 0 spiro atoms. The van der Waals surface area contributed by atoms with Crippen LogP contribution in [0.4, 0.5) is 5.69 Å². The number of aliphatic hydroxyl groups excluding tert-OH is 2. The zero-order valence-electron chi connectivity index (χ0n) is 10.7. The summed E-state index contributed by atoms with van der Waals surface area (Å²) in [4.78, 5) is 2.03. The summed E-state index contributed by atoms with van der Waals surface area (Å²) < 4.78 is 25.9. The fourth-order valence-electron chi connectivity index (χ4n) is 2.09. The van der Waals surface area contributed by atoms with E-state index in [1.54, 1.807) is 19.1 Å². The lowest BCUT2D eigenvalue weighted by Crippen LogP contribution is -2.24. The predicted molar refractivity (Wildman–Crippen MR) is 71.5 cm³/mol. The number of anilines is 1. The van der Waals surface area contributed by atoms with Crippen molar-refractivity contribution < 1.29 is 18.6 Å². The summed E-state index contributed by atoms with van der Waals surface area (Å²) in [6.07, 6.45) is -1.52. The Kier molecular flexibility index (Phi) is 4.10. The van der Waals surface area contributed by atoms with Crippen LogP contribution in [0.25, 0.3) is 0 Å². The Morgan fingerprint density at radius 3 is 2.21 bits per heavy atom. The maximum absolute atomic E-state index is 11.8. The van der Waals surface area contributed by atoms with Crippen LogP contribution in [0.1, 0.15) is 6.92 Å². The molecular weight excluding hydrogens is 268 g/mol. The van der Waals surface area contributed by atoms with E-state index in [0.29, 0.717) is 19.6 Å². The lowest BCUT2D eigenvalue weighted by atomic mass is 10.3. The fourth-order valence-corrected chi connectivity index (χ4v) is 3.13. The van der Waals surface area contributed by atoms with Crippen LogP contribution in [0, 0.1) is 0 Å². The van der Waals surface area contributed by atoms with Gasteiger partial charge in [0.25, 0.3) is 0 Å². The number of nitrogens with zero attached hydrogens (tertiary/aromatic N) is 1. The summed E-state index contributed by atoms with van der Waals surface area (Å²) in [5.41, 5.74) is 0.783. The molecule has 1 aliphatic rings. The molecule has 0 aliphatic carbocycles. The van der Waals surface area contributed by atoms with Crippen molar-refractivity contribution in [3.63, 3.8) is 0 Å². The van der Waals surface area contributed by atoms with Gasteiger partial charge < -0.3 is 15.1 Å². The molecule has 3 N–H and O–H groups in total. The first kappa shape index (κ1) is 14.3. The van der Waals surface area contributed by atoms with E-state index in [-0.39, 0.29) is 4.90 Å². The monoisotopic (exact) mass is 286 g/mol. The van der Waals surface area contributed by atoms with Gasteiger partial charge in [0, 0.05) is 25.3 Å². The number of rotatable bonds is 4. The molecule has 1 saturated heterocycles. The third-order valence-electron chi connectivity index (χ3n) is 3.11. The normalized spacial score (nSPS) is 23.8. The molecule has 2 atom stereocenters. The Hall–Kier alpha value is -1.15. The number of benzene rings is 1. The van der Waals surface area contributed by atoms with Crippen molar-refractivity contribution >= 4 is 15.7 Å². The summed E-state index contributed by atoms with van der Waals surface area (Å²) in [5, 5.41) is 19.0. The fraction of sp³-hybridized carbons (Fsp3) is 0.500. The van der Waals surface area contributed by atoms with E-state index in [9.17, 15) is 18.6 Å². The molecule has 1 aliphatic heterocycles. The van der Waals surface area contributed by atoms with Gasteiger partial charge in [0.1, 0.15) is 0 Å². The molecule has 0 amide bonds. The van der Waals surface area contributed by atoms with E-state index in [4.69, 9.17) is 0 Å². The minimum absolute atomic E-state index is 0.207. The number of aliphatic hydroxyl groups is 2. The third kappa shape index (κ3) is 3.06. The maximum Gasteiger partial charge on any atom is 0.240 e. The molecular formula is C12H18N2O4S. The predicted octanol–water partition coefficient (Wildman–Crippen LogP) is -0.473. The van der Waals surface area contributed by atoms with Crippen LogP contribution >= 0.6 is 0 Å². The second-order valence-electron chi connectivity index (χ2n) is 4.53. The smallest absolute Gasteiger partial charge is 0.240 e. The summed E-state index contributed by atoms with van der Waals surface area (Å²) in [7, 11) is -3.44. The molecule has 0 radical (unpaired) electrons. The van der Waals surface area contributed by atoms with Crippen LogP contribution in [0.2, 0.25) is 0 Å². The molecule has 7 heteroatoms. The summed E-state index contributed by atoms with van der Waals surface area (Å²) >= 11 is 0. The van der Waals surface area contributed by atoms with Gasteiger partial charge in [-0.3, -0.25) is 0 Å². The standard InChI is InChI=1S/C12H18N2O4S/c1-2-13-19(17,18)10-5-3-9(4-6-10)14-7-11(15)12(16)8-14/h3-6,11-13,15-16H,2,7-8H2,1H3. The van der Waals surface area contributed by atoms with Gasteiger partial charge in [0.15, 0.2) is 0 Å². The molecule has 0 saturated carbocycles. The first-order valence-electron chi connectivity index (χ1n) is 6.15. The van der Waals surface area contributed by atoms with E-state index < -0.39 is 22.2 Å². The number of nitrogens with one attached hydrogen (secondary N) is 1. The van der Waals surface area contributed by atoms with Crippen molar-refractivity contribution in [2.45, 2.75) is 24.0 Å². The van der Waals surface area contributed by atoms with Crippen molar-refractivity contribution in [2.75, 3.05) is 24.5 Å². The lowest BCUT2D eigenvalue weighted by Gasteiger charge is -2.17. The Bertz CT molecular complexity index is 519. The summed E-state index contributed by atoms with van der Waals surface area (Å²) in [6.45, 7) is 2.76. The Morgan fingerprint density at radius 2 is 1.74 bits per heavy atom. The van der Waals surface area contributed by atoms with E-state index in [1.165, 1.54) is 12.1 Å². The maximum atomic E-state index is 11.8. The molecule has 2 rings (SSSR count). The SMILES string of the molecule is CCNS(=O)(=O)c1ccc(N2CC(O)C(O)C2)cc1. The number of sulfonamides is 1. The van der Waals surface area contributed by atoms with E-state index in [2.05, 4.69) is 4.72 Å². The zero-order chi connectivity index (χ0) is 14.0. The van der Waals surface area contributed by atoms with Gasteiger partial charge in [-0.15, -0.1) is 0 Å². The van der Waals surface area contributed by atoms with Gasteiger partial charge in [0.05, 0.1) is 17.1 Å². The van der Waals surface area contributed by atoms with Gasteiger partial charge >= 0.3 is 0 Å². The van der Waals surface area contributed by atoms with Crippen LogP contribution in [0.15, 0.2) is 29.2 Å². The highest BCUT2D eigenvalue weighted by Gasteiger charge is 2.29. The van der Waals surface area contributed by atoms with Crippen molar-refractivity contribution in [3.8, 4) is 0 Å². The van der Waals surface area contributed by atoms with Crippen LogP contribution < -0.4 is 9.62 Å². The number of hydrogen-bond donors (Lipinski definition) is 3. The molecule has 1 aromatic carbocycles. The second-order valence-corrected chi connectivity index (χ2v) is 6.30.